The number of carboxylic acids is 1. The van der Waals surface area contributed by atoms with Crippen LogP contribution in [-0.4, -0.2) is 35.9 Å². The van der Waals surface area contributed by atoms with Gasteiger partial charge in [-0.25, -0.2) is 17.6 Å². The van der Waals surface area contributed by atoms with Crippen molar-refractivity contribution in [2.75, 3.05) is 29.7 Å². The van der Waals surface area contributed by atoms with Gasteiger partial charge in [-0.1, -0.05) is 12.1 Å². The first-order valence-electron chi connectivity index (χ1n) is 8.81. The lowest BCUT2D eigenvalue weighted by Gasteiger charge is -2.24. The zero-order valence-corrected chi connectivity index (χ0v) is 16.8. The number of anilines is 1. The molecule has 1 atom stereocenters. The predicted molar refractivity (Wildman–Crippen MR) is 105 cm³/mol. The summed E-state index contributed by atoms with van der Waals surface area (Å²) >= 11 is 11.6. The van der Waals surface area contributed by atoms with Crippen molar-refractivity contribution in [1.82, 2.24) is 0 Å². The smallest absolute Gasteiger partial charge is 0.303 e. The summed E-state index contributed by atoms with van der Waals surface area (Å²) < 4.78 is 56.1. The molecule has 3 nitrogen and oxygen atoms in total. The summed E-state index contributed by atoms with van der Waals surface area (Å²) in [5.74, 6) is -7.79. The lowest BCUT2D eigenvalue weighted by atomic mass is 9.86. The van der Waals surface area contributed by atoms with Gasteiger partial charge in [-0.2, -0.15) is 0 Å². The first-order valence-corrected chi connectivity index (χ1v) is 9.88. The van der Waals surface area contributed by atoms with Crippen molar-refractivity contribution in [1.29, 1.82) is 0 Å². The van der Waals surface area contributed by atoms with Crippen molar-refractivity contribution in [3.63, 3.8) is 0 Å². The standard InChI is InChI=1S/C20H19Cl2F4NO2/c21-7-9-27(10-8-22)13-3-1-12(2-4-13)14(5-6-17(28)29)18-19(25)15(23)11-16(24)20(18)26/h1-4,11,14H,5-10H2,(H,28,29). The number of alkyl halides is 2. The Morgan fingerprint density at radius 1 is 0.966 bits per heavy atom. The largest absolute Gasteiger partial charge is 0.481 e. The minimum Gasteiger partial charge on any atom is -0.481 e. The molecule has 0 aliphatic rings. The third-order valence-electron chi connectivity index (χ3n) is 4.51. The van der Waals surface area contributed by atoms with Crippen molar-refractivity contribution in [2.24, 2.45) is 0 Å². The average Bonchev–Trinajstić information content (AvgIpc) is 2.69. The maximum atomic E-state index is 14.3. The van der Waals surface area contributed by atoms with Crippen LogP contribution < -0.4 is 4.90 Å². The molecule has 0 saturated carbocycles. The number of nitrogens with zero attached hydrogens (tertiary/aromatic N) is 1. The van der Waals surface area contributed by atoms with Crippen LogP contribution in [-0.2, 0) is 4.79 Å². The van der Waals surface area contributed by atoms with Crippen LogP contribution in [0.25, 0.3) is 0 Å². The molecule has 0 heterocycles. The van der Waals surface area contributed by atoms with Crippen molar-refractivity contribution >= 4 is 34.9 Å². The first-order chi connectivity index (χ1) is 13.8. The maximum Gasteiger partial charge on any atom is 0.303 e. The summed E-state index contributed by atoms with van der Waals surface area (Å²) in [6, 6.07) is 6.53. The van der Waals surface area contributed by atoms with Gasteiger partial charge in [0.15, 0.2) is 23.3 Å². The van der Waals surface area contributed by atoms with Crippen LogP contribution in [0.1, 0.15) is 29.9 Å². The summed E-state index contributed by atoms with van der Waals surface area (Å²) in [4.78, 5) is 12.9. The fourth-order valence-electron chi connectivity index (χ4n) is 3.13. The molecule has 0 fully saturated rings. The molecule has 9 heteroatoms. The summed E-state index contributed by atoms with van der Waals surface area (Å²) in [5, 5.41) is 8.97. The summed E-state index contributed by atoms with van der Waals surface area (Å²) in [5.41, 5.74) is 0.253. The molecule has 0 aliphatic carbocycles. The predicted octanol–water partition coefficient (Wildman–Crippen LogP) is 5.52. The molecule has 2 aromatic rings. The van der Waals surface area contributed by atoms with E-state index in [1.165, 1.54) is 0 Å². The highest BCUT2D eigenvalue weighted by molar-refractivity contribution is 6.18. The van der Waals surface area contributed by atoms with E-state index in [1.807, 2.05) is 4.90 Å². The minimum atomic E-state index is -1.54. The quantitative estimate of drug-likeness (QED) is 0.293. The molecular weight excluding hydrogens is 433 g/mol. The molecular formula is C20H19Cl2F4NO2. The van der Waals surface area contributed by atoms with Crippen LogP contribution in [0, 0.1) is 23.3 Å². The van der Waals surface area contributed by atoms with Gasteiger partial charge in [0, 0.05) is 54.5 Å². The Morgan fingerprint density at radius 3 is 1.93 bits per heavy atom. The van der Waals surface area contributed by atoms with Crippen molar-refractivity contribution in [3.8, 4) is 0 Å². The molecule has 0 amide bonds. The van der Waals surface area contributed by atoms with Gasteiger partial charge >= 0.3 is 5.97 Å². The summed E-state index contributed by atoms with van der Waals surface area (Å²) in [6.07, 6.45) is -0.674. The van der Waals surface area contributed by atoms with E-state index in [0.717, 1.165) is 5.69 Å². The van der Waals surface area contributed by atoms with Gasteiger partial charge in [-0.3, -0.25) is 4.79 Å². The van der Waals surface area contributed by atoms with Crippen LogP contribution in [0.5, 0.6) is 0 Å². The molecule has 1 unspecified atom stereocenters. The van der Waals surface area contributed by atoms with Crippen LogP contribution in [0.4, 0.5) is 23.2 Å². The molecule has 1 N–H and O–H groups in total. The van der Waals surface area contributed by atoms with Crippen LogP contribution >= 0.6 is 23.2 Å². The first kappa shape index (κ1) is 23.3. The molecule has 2 aromatic carbocycles. The van der Waals surface area contributed by atoms with E-state index in [0.29, 0.717) is 30.4 Å². The molecule has 2 rings (SSSR count). The average molecular weight is 452 g/mol. The second-order valence-electron chi connectivity index (χ2n) is 6.32. The zero-order chi connectivity index (χ0) is 21.6. The van der Waals surface area contributed by atoms with E-state index < -0.39 is 47.1 Å². The Kier molecular flexibility index (Phi) is 8.59. The Morgan fingerprint density at radius 2 is 1.48 bits per heavy atom. The SMILES string of the molecule is O=C(O)CCC(c1ccc(N(CCCl)CCCl)cc1)c1c(F)c(F)cc(F)c1F. The van der Waals surface area contributed by atoms with E-state index in [1.54, 1.807) is 24.3 Å². The molecule has 0 aromatic heterocycles. The number of rotatable bonds is 10. The van der Waals surface area contributed by atoms with Crippen LogP contribution in [0.3, 0.4) is 0 Å². The van der Waals surface area contributed by atoms with E-state index >= 15 is 0 Å². The highest BCUT2D eigenvalue weighted by atomic mass is 35.5. The summed E-state index contributed by atoms with van der Waals surface area (Å²) in [7, 11) is 0. The molecule has 0 aliphatic heterocycles. The van der Waals surface area contributed by atoms with Crippen LogP contribution in [0.2, 0.25) is 0 Å². The Balaban J connectivity index is 2.48. The van der Waals surface area contributed by atoms with Gasteiger partial charge in [0.1, 0.15) is 0 Å². The highest BCUT2D eigenvalue weighted by Crippen LogP contribution is 2.35. The lowest BCUT2D eigenvalue weighted by molar-refractivity contribution is -0.137. The molecule has 0 bridgehead atoms. The van der Waals surface area contributed by atoms with E-state index in [2.05, 4.69) is 0 Å². The monoisotopic (exact) mass is 451 g/mol. The number of aliphatic carboxylic acids is 1. The zero-order valence-electron chi connectivity index (χ0n) is 15.3. The Bertz CT molecular complexity index is 817. The van der Waals surface area contributed by atoms with E-state index in [4.69, 9.17) is 28.3 Å². The van der Waals surface area contributed by atoms with Crippen molar-refractivity contribution < 1.29 is 27.5 Å². The molecule has 0 spiro atoms. The number of halogens is 6. The maximum absolute atomic E-state index is 14.3. The third kappa shape index (κ3) is 5.76. The fraction of sp³-hybridized carbons (Fsp3) is 0.350. The molecule has 158 valence electrons. The highest BCUT2D eigenvalue weighted by Gasteiger charge is 2.28. The second kappa shape index (κ2) is 10.7. The van der Waals surface area contributed by atoms with E-state index in [9.17, 15) is 22.4 Å². The number of benzene rings is 2. The summed E-state index contributed by atoms with van der Waals surface area (Å²) in [6.45, 7) is 1.04. The number of carboxylic acid groups (broad SMARTS) is 1. The number of carbonyl (C=O) groups is 1. The fourth-order valence-corrected chi connectivity index (χ4v) is 3.54. The number of hydrogen-bond donors (Lipinski definition) is 1. The number of hydrogen-bond acceptors (Lipinski definition) is 2. The molecule has 29 heavy (non-hydrogen) atoms. The van der Waals surface area contributed by atoms with Crippen molar-refractivity contribution in [2.45, 2.75) is 18.8 Å². The van der Waals surface area contributed by atoms with Gasteiger partial charge in [0.05, 0.1) is 0 Å². The van der Waals surface area contributed by atoms with Crippen LogP contribution in [0.15, 0.2) is 30.3 Å². The lowest BCUT2D eigenvalue weighted by Crippen LogP contribution is -2.27. The van der Waals surface area contributed by atoms with Crippen molar-refractivity contribution in [3.05, 3.63) is 64.7 Å². The third-order valence-corrected chi connectivity index (χ3v) is 4.85. The normalized spacial score (nSPS) is 12.1. The molecule has 0 saturated heterocycles. The Hall–Kier alpha value is -1.99. The Labute approximate surface area is 175 Å². The van der Waals surface area contributed by atoms with Gasteiger partial charge in [0.25, 0.3) is 0 Å². The topological polar surface area (TPSA) is 40.5 Å². The van der Waals surface area contributed by atoms with Gasteiger partial charge in [0.2, 0.25) is 0 Å². The molecule has 0 radical (unpaired) electrons. The van der Waals surface area contributed by atoms with Gasteiger partial charge < -0.3 is 10.0 Å². The van der Waals surface area contributed by atoms with Gasteiger partial charge in [-0.05, 0) is 24.1 Å². The van der Waals surface area contributed by atoms with E-state index in [-0.39, 0.29) is 12.5 Å². The minimum absolute atomic E-state index is 0.127. The van der Waals surface area contributed by atoms with Gasteiger partial charge in [-0.15, -0.1) is 23.2 Å². The second-order valence-corrected chi connectivity index (χ2v) is 7.08.